The number of nitrogens with two attached hydrogens (primary N) is 1. The van der Waals surface area contributed by atoms with Gasteiger partial charge in [-0.1, -0.05) is 37.7 Å². The number of imidazole rings is 1. The molecule has 2 aromatic heterocycles. The summed E-state index contributed by atoms with van der Waals surface area (Å²) in [6.07, 6.45) is 0.297. The summed E-state index contributed by atoms with van der Waals surface area (Å²) in [5, 5.41) is 9.63. The number of rotatable bonds is 11. The molecule has 3 aromatic rings. The van der Waals surface area contributed by atoms with Crippen LogP contribution in [0.4, 0.5) is 11.5 Å². The molecular weight excluding hydrogens is 470 g/mol. The maximum absolute atomic E-state index is 13.4. The maximum Gasteiger partial charge on any atom is 0.330 e. The number of nitrogen functional groups attached to an aromatic ring is 1. The molecule has 3 rings (SSSR count). The minimum atomic E-state index is -0.733. The van der Waals surface area contributed by atoms with Gasteiger partial charge in [0.15, 0.2) is 10.8 Å². The van der Waals surface area contributed by atoms with Crippen LogP contribution in [-0.2, 0) is 22.6 Å². The Labute approximate surface area is 206 Å². The fourth-order valence-electron chi connectivity index (χ4n) is 3.67. The molecule has 0 atom stereocenters. The molecule has 0 aliphatic rings. The third kappa shape index (κ3) is 5.93. The van der Waals surface area contributed by atoms with Crippen molar-refractivity contribution in [1.82, 2.24) is 19.1 Å². The number of carbonyl (C=O) groups is 1. The molecule has 12 heteroatoms. The summed E-state index contributed by atoms with van der Waals surface area (Å²) in [6, 6.07) is 9.68. The lowest BCUT2D eigenvalue weighted by atomic mass is 10.2. The number of fused-ring (bicyclic) bond motifs is 1. The van der Waals surface area contributed by atoms with Crippen molar-refractivity contribution in [3.8, 4) is 6.07 Å². The van der Waals surface area contributed by atoms with Crippen molar-refractivity contribution in [2.45, 2.75) is 38.5 Å². The number of anilines is 2. The van der Waals surface area contributed by atoms with Crippen molar-refractivity contribution in [2.75, 3.05) is 36.6 Å². The second-order valence-corrected chi connectivity index (χ2v) is 9.21. The van der Waals surface area contributed by atoms with Gasteiger partial charge < -0.3 is 19.9 Å². The van der Waals surface area contributed by atoms with Crippen LogP contribution in [0.1, 0.15) is 20.3 Å². The van der Waals surface area contributed by atoms with Gasteiger partial charge in [0.05, 0.1) is 35.9 Å². The molecule has 1 aromatic carbocycles. The number of nitrogens with one attached hydrogen (secondary N) is 1. The molecule has 0 saturated heterocycles. The summed E-state index contributed by atoms with van der Waals surface area (Å²) >= 11 is 1.21. The number of aryl methyl sites for hydroxylation is 1. The normalized spacial score (nSPS) is 11.2. The lowest BCUT2D eigenvalue weighted by Gasteiger charge is -2.24. The van der Waals surface area contributed by atoms with Crippen LogP contribution in [0.2, 0.25) is 0 Å². The van der Waals surface area contributed by atoms with Crippen molar-refractivity contribution in [1.29, 1.82) is 5.26 Å². The molecule has 0 fully saturated rings. The number of thioether (sulfide) groups is 1. The van der Waals surface area contributed by atoms with Crippen molar-refractivity contribution in [3.63, 3.8) is 0 Å². The highest BCUT2D eigenvalue weighted by molar-refractivity contribution is 7.99. The number of hydrogen-bond donors (Lipinski definition) is 2. The predicted molar refractivity (Wildman–Crippen MR) is 135 cm³/mol. The molecule has 1 amide bonds. The van der Waals surface area contributed by atoms with E-state index in [1.807, 2.05) is 42.7 Å². The first kappa shape index (κ1) is 26.1. The molecule has 0 aliphatic carbocycles. The van der Waals surface area contributed by atoms with Gasteiger partial charge in [0.25, 0.3) is 5.56 Å². The summed E-state index contributed by atoms with van der Waals surface area (Å²) < 4.78 is 8.31. The molecule has 3 N–H and O–H groups in total. The van der Waals surface area contributed by atoms with Crippen LogP contribution in [0.5, 0.6) is 0 Å². The zero-order chi connectivity index (χ0) is 25.5. The number of benzene rings is 1. The van der Waals surface area contributed by atoms with Gasteiger partial charge in [0.1, 0.15) is 5.82 Å². The summed E-state index contributed by atoms with van der Waals surface area (Å²) in [4.78, 5) is 46.6. The highest BCUT2D eigenvalue weighted by atomic mass is 32.2. The Bertz CT molecular complexity index is 1350. The van der Waals surface area contributed by atoms with E-state index < -0.39 is 17.2 Å². The molecule has 11 nitrogen and oxygen atoms in total. The zero-order valence-corrected chi connectivity index (χ0v) is 20.8. The number of aromatic nitrogens is 4. The molecule has 35 heavy (non-hydrogen) atoms. The van der Waals surface area contributed by atoms with Crippen molar-refractivity contribution >= 4 is 40.2 Å². The lowest BCUT2D eigenvalue weighted by Crippen LogP contribution is -2.43. The number of H-pyrrole nitrogens is 1. The Morgan fingerprint density at radius 1 is 1.31 bits per heavy atom. The number of nitrogens with zero attached hydrogens (tertiary/aromatic N) is 5. The summed E-state index contributed by atoms with van der Waals surface area (Å²) in [5.74, 6) is -0.406. The fourth-order valence-corrected chi connectivity index (χ4v) is 4.59. The van der Waals surface area contributed by atoms with Crippen molar-refractivity contribution in [3.05, 3.63) is 45.1 Å². The Kier molecular flexibility index (Phi) is 8.73. The number of methoxy groups -OCH3 is 1. The minimum Gasteiger partial charge on any atom is -0.383 e. The first-order valence-electron chi connectivity index (χ1n) is 11.1. The van der Waals surface area contributed by atoms with Gasteiger partial charge >= 0.3 is 5.69 Å². The number of ether oxygens (including phenoxy) is 1. The number of carbonyl (C=O) groups excluding carboxylic acids is 1. The zero-order valence-electron chi connectivity index (χ0n) is 20.0. The number of para-hydroxylation sites is 2. The summed E-state index contributed by atoms with van der Waals surface area (Å²) in [6.45, 7) is 4.80. The molecule has 186 valence electrons. The van der Waals surface area contributed by atoms with Gasteiger partial charge in [-0.2, -0.15) is 5.26 Å². The highest BCUT2D eigenvalue weighted by Crippen LogP contribution is 2.26. The Hall–Kier alpha value is -3.56. The third-order valence-electron chi connectivity index (χ3n) is 5.24. The lowest BCUT2D eigenvalue weighted by molar-refractivity contribution is -0.116. The van der Waals surface area contributed by atoms with E-state index in [1.54, 1.807) is 0 Å². The van der Waals surface area contributed by atoms with Gasteiger partial charge in [-0.25, -0.2) is 9.78 Å². The van der Waals surface area contributed by atoms with E-state index in [1.165, 1.54) is 28.3 Å². The fraction of sp³-hybridized carbons (Fsp3) is 0.435. The smallest absolute Gasteiger partial charge is 0.330 e. The van der Waals surface area contributed by atoms with Crippen molar-refractivity contribution in [2.24, 2.45) is 5.92 Å². The molecule has 0 aliphatic heterocycles. The third-order valence-corrected chi connectivity index (χ3v) is 6.20. The molecule has 0 radical (unpaired) electrons. The van der Waals surface area contributed by atoms with E-state index in [2.05, 4.69) is 16.0 Å². The summed E-state index contributed by atoms with van der Waals surface area (Å²) in [7, 11) is 1.49. The molecule has 0 bridgehead atoms. The Balaban J connectivity index is 1.94. The molecule has 0 saturated carbocycles. The Morgan fingerprint density at radius 3 is 2.74 bits per heavy atom. The SMILES string of the molecule is COCCN(C(=O)CSc1nc2ccccc2n1CCC#N)c1c(N)n(CC(C)C)c(=O)[nH]c1=O. The molecular formula is C23H29N7O4S. The molecule has 0 unspecified atom stereocenters. The average Bonchev–Trinajstić information content (AvgIpc) is 3.18. The van der Waals surface area contributed by atoms with E-state index in [4.69, 9.17) is 15.7 Å². The second kappa shape index (κ2) is 11.7. The van der Waals surface area contributed by atoms with Gasteiger partial charge in [-0.15, -0.1) is 0 Å². The van der Waals surface area contributed by atoms with Gasteiger partial charge in [0.2, 0.25) is 5.91 Å². The van der Waals surface area contributed by atoms with Crippen LogP contribution >= 0.6 is 11.8 Å². The van der Waals surface area contributed by atoms with Crippen LogP contribution in [0.3, 0.4) is 0 Å². The highest BCUT2D eigenvalue weighted by Gasteiger charge is 2.25. The first-order chi connectivity index (χ1) is 16.8. The standard InChI is InChI=1S/C23H29N7O4S/c1-15(2)13-30-20(25)19(21(32)27-22(30)33)29(11-12-34-3)18(31)14-35-23-26-16-7-4-5-8-17(16)28(23)10-6-9-24/h4-5,7-8,15H,6,10-14,25H2,1-3H3,(H,27,32,33). The van der Waals surface area contributed by atoms with Crippen LogP contribution < -0.4 is 21.9 Å². The summed E-state index contributed by atoms with van der Waals surface area (Å²) in [5.41, 5.74) is 6.44. The largest absolute Gasteiger partial charge is 0.383 e. The van der Waals surface area contributed by atoms with E-state index in [0.29, 0.717) is 24.7 Å². The molecule has 2 heterocycles. The number of hydrogen-bond acceptors (Lipinski definition) is 8. The monoisotopic (exact) mass is 499 g/mol. The predicted octanol–water partition coefficient (Wildman–Crippen LogP) is 1.81. The van der Waals surface area contributed by atoms with Crippen LogP contribution in [-0.4, -0.2) is 51.0 Å². The van der Waals surface area contributed by atoms with E-state index in [-0.39, 0.29) is 36.3 Å². The maximum atomic E-state index is 13.4. The van der Waals surface area contributed by atoms with Crippen LogP contribution in [0.15, 0.2) is 39.0 Å². The van der Waals surface area contributed by atoms with Gasteiger partial charge in [0, 0.05) is 26.7 Å². The van der Waals surface area contributed by atoms with E-state index in [9.17, 15) is 14.4 Å². The van der Waals surface area contributed by atoms with Crippen LogP contribution in [0.25, 0.3) is 11.0 Å². The number of nitriles is 1. The van der Waals surface area contributed by atoms with Gasteiger partial charge in [-0.3, -0.25) is 19.1 Å². The topological polar surface area (TPSA) is 152 Å². The number of aromatic amines is 1. The van der Waals surface area contributed by atoms with Crippen molar-refractivity contribution < 1.29 is 9.53 Å². The second-order valence-electron chi connectivity index (χ2n) is 8.27. The Morgan fingerprint density at radius 2 is 2.06 bits per heavy atom. The van der Waals surface area contributed by atoms with E-state index >= 15 is 0 Å². The first-order valence-corrected chi connectivity index (χ1v) is 12.1. The average molecular weight is 500 g/mol. The van der Waals surface area contributed by atoms with E-state index in [0.717, 1.165) is 11.0 Å². The minimum absolute atomic E-state index is 0.0399. The molecule has 0 spiro atoms. The number of amides is 1. The quantitative estimate of drug-likeness (QED) is 0.379. The van der Waals surface area contributed by atoms with Gasteiger partial charge in [-0.05, 0) is 18.1 Å². The van der Waals surface area contributed by atoms with Crippen LogP contribution in [0, 0.1) is 17.2 Å².